The zero-order chi connectivity index (χ0) is 12.8. The zero-order valence-electron chi connectivity index (χ0n) is 12.2. The SMILES string of the molecule is CN(CCC1CCCCC1)CC1CCC(N)CC1. The molecular formula is C16H32N2. The third-order valence-corrected chi connectivity index (χ3v) is 5.11. The molecule has 0 aromatic heterocycles. The van der Waals surface area contributed by atoms with Gasteiger partial charge in [0.2, 0.25) is 0 Å². The highest BCUT2D eigenvalue weighted by Crippen LogP contribution is 2.27. The Morgan fingerprint density at radius 2 is 1.56 bits per heavy atom. The molecule has 18 heavy (non-hydrogen) atoms. The van der Waals surface area contributed by atoms with Gasteiger partial charge in [0, 0.05) is 12.6 Å². The van der Waals surface area contributed by atoms with Crippen molar-refractivity contribution < 1.29 is 0 Å². The quantitative estimate of drug-likeness (QED) is 0.812. The third kappa shape index (κ3) is 4.89. The summed E-state index contributed by atoms with van der Waals surface area (Å²) >= 11 is 0. The minimum Gasteiger partial charge on any atom is -0.328 e. The van der Waals surface area contributed by atoms with E-state index in [1.165, 1.54) is 77.3 Å². The maximum Gasteiger partial charge on any atom is 0.00390 e. The van der Waals surface area contributed by atoms with Crippen molar-refractivity contribution in [2.75, 3.05) is 20.1 Å². The summed E-state index contributed by atoms with van der Waals surface area (Å²) < 4.78 is 0. The highest BCUT2D eigenvalue weighted by atomic mass is 15.1. The van der Waals surface area contributed by atoms with Crippen molar-refractivity contribution >= 4 is 0 Å². The summed E-state index contributed by atoms with van der Waals surface area (Å²) in [5, 5.41) is 0. The van der Waals surface area contributed by atoms with Crippen molar-refractivity contribution in [1.29, 1.82) is 0 Å². The molecule has 0 heterocycles. The van der Waals surface area contributed by atoms with E-state index in [1.807, 2.05) is 0 Å². The Labute approximate surface area is 113 Å². The summed E-state index contributed by atoms with van der Waals surface area (Å²) in [6, 6.07) is 0.494. The van der Waals surface area contributed by atoms with Gasteiger partial charge in [0.05, 0.1) is 0 Å². The summed E-state index contributed by atoms with van der Waals surface area (Å²) in [7, 11) is 2.32. The monoisotopic (exact) mass is 252 g/mol. The van der Waals surface area contributed by atoms with Crippen molar-refractivity contribution in [1.82, 2.24) is 4.90 Å². The number of rotatable bonds is 5. The van der Waals surface area contributed by atoms with Gasteiger partial charge in [-0.1, -0.05) is 32.1 Å². The maximum atomic E-state index is 5.97. The molecule has 2 aliphatic rings. The van der Waals surface area contributed by atoms with Gasteiger partial charge in [-0.05, 0) is 57.5 Å². The Morgan fingerprint density at radius 1 is 0.889 bits per heavy atom. The molecule has 2 fully saturated rings. The van der Waals surface area contributed by atoms with Gasteiger partial charge in [-0.25, -0.2) is 0 Å². The van der Waals surface area contributed by atoms with Gasteiger partial charge in [0.1, 0.15) is 0 Å². The smallest absolute Gasteiger partial charge is 0.00390 e. The Hall–Kier alpha value is -0.0800. The number of hydrogen-bond acceptors (Lipinski definition) is 2. The van der Waals surface area contributed by atoms with E-state index >= 15 is 0 Å². The van der Waals surface area contributed by atoms with Crippen molar-refractivity contribution in [3.05, 3.63) is 0 Å². The Balaban J connectivity index is 1.58. The second-order valence-electron chi connectivity index (χ2n) is 6.84. The van der Waals surface area contributed by atoms with Gasteiger partial charge in [-0.3, -0.25) is 0 Å². The maximum absolute atomic E-state index is 5.97. The van der Waals surface area contributed by atoms with Gasteiger partial charge in [0.15, 0.2) is 0 Å². The van der Waals surface area contributed by atoms with Gasteiger partial charge >= 0.3 is 0 Å². The molecule has 0 amide bonds. The van der Waals surface area contributed by atoms with Crippen LogP contribution in [-0.2, 0) is 0 Å². The lowest BCUT2D eigenvalue weighted by Crippen LogP contribution is -2.33. The first-order chi connectivity index (χ1) is 8.74. The van der Waals surface area contributed by atoms with Crippen LogP contribution in [0.3, 0.4) is 0 Å². The molecule has 2 N–H and O–H groups in total. The molecule has 0 atom stereocenters. The van der Waals surface area contributed by atoms with Crippen molar-refractivity contribution in [2.24, 2.45) is 17.6 Å². The average Bonchev–Trinajstić information content (AvgIpc) is 2.40. The van der Waals surface area contributed by atoms with Crippen LogP contribution in [0.2, 0.25) is 0 Å². The summed E-state index contributed by atoms with van der Waals surface area (Å²) in [5.74, 6) is 1.95. The molecule has 0 aliphatic heterocycles. The van der Waals surface area contributed by atoms with E-state index in [-0.39, 0.29) is 0 Å². The molecule has 2 aliphatic carbocycles. The van der Waals surface area contributed by atoms with Gasteiger partial charge in [0.25, 0.3) is 0 Å². The standard InChI is InChI=1S/C16H32N2/c1-18(12-11-14-5-3-2-4-6-14)13-15-7-9-16(17)10-8-15/h14-16H,2-13,17H2,1H3. The molecular weight excluding hydrogens is 220 g/mol. The fourth-order valence-corrected chi connectivity index (χ4v) is 3.78. The summed E-state index contributed by atoms with van der Waals surface area (Å²) in [6.45, 7) is 2.62. The van der Waals surface area contributed by atoms with Crippen LogP contribution in [0, 0.1) is 11.8 Å². The molecule has 2 nitrogen and oxygen atoms in total. The topological polar surface area (TPSA) is 29.3 Å². The van der Waals surface area contributed by atoms with Crippen molar-refractivity contribution in [2.45, 2.75) is 70.3 Å². The fraction of sp³-hybridized carbons (Fsp3) is 1.00. The molecule has 0 bridgehead atoms. The van der Waals surface area contributed by atoms with Crippen molar-refractivity contribution in [3.8, 4) is 0 Å². The zero-order valence-corrected chi connectivity index (χ0v) is 12.2. The van der Waals surface area contributed by atoms with Gasteiger partial charge < -0.3 is 10.6 Å². The van der Waals surface area contributed by atoms with E-state index in [9.17, 15) is 0 Å². The average molecular weight is 252 g/mol. The molecule has 2 heteroatoms. The van der Waals surface area contributed by atoms with Crippen LogP contribution in [0.4, 0.5) is 0 Å². The lowest BCUT2D eigenvalue weighted by atomic mass is 9.85. The normalized spacial score (nSPS) is 30.8. The first-order valence-electron chi connectivity index (χ1n) is 8.18. The van der Waals surface area contributed by atoms with E-state index in [1.54, 1.807) is 0 Å². The van der Waals surface area contributed by atoms with Crippen LogP contribution >= 0.6 is 0 Å². The van der Waals surface area contributed by atoms with Gasteiger partial charge in [-0.2, -0.15) is 0 Å². The molecule has 0 spiro atoms. The predicted octanol–water partition coefficient (Wildman–Crippen LogP) is 3.41. The van der Waals surface area contributed by atoms with E-state index in [4.69, 9.17) is 5.73 Å². The Bertz CT molecular complexity index is 215. The molecule has 2 saturated carbocycles. The highest BCUT2D eigenvalue weighted by molar-refractivity contribution is 4.76. The van der Waals surface area contributed by atoms with Gasteiger partial charge in [-0.15, -0.1) is 0 Å². The number of nitrogens with two attached hydrogens (primary N) is 1. The first kappa shape index (κ1) is 14.3. The van der Waals surface area contributed by atoms with Crippen LogP contribution in [0.25, 0.3) is 0 Å². The minimum atomic E-state index is 0.494. The molecule has 0 radical (unpaired) electrons. The van der Waals surface area contributed by atoms with E-state index in [0.29, 0.717) is 6.04 Å². The number of hydrogen-bond donors (Lipinski definition) is 1. The molecule has 0 saturated heterocycles. The summed E-state index contributed by atoms with van der Waals surface area (Å²) in [6.07, 6.45) is 14.1. The largest absolute Gasteiger partial charge is 0.328 e. The Kier molecular flexibility index (Phi) is 5.97. The predicted molar refractivity (Wildman–Crippen MR) is 78.6 cm³/mol. The third-order valence-electron chi connectivity index (χ3n) is 5.11. The highest BCUT2D eigenvalue weighted by Gasteiger charge is 2.20. The van der Waals surface area contributed by atoms with E-state index in [2.05, 4.69) is 11.9 Å². The molecule has 0 unspecified atom stereocenters. The molecule has 106 valence electrons. The lowest BCUT2D eigenvalue weighted by molar-refractivity contribution is 0.205. The lowest BCUT2D eigenvalue weighted by Gasteiger charge is -2.30. The summed E-state index contributed by atoms with van der Waals surface area (Å²) in [5.41, 5.74) is 5.97. The fourth-order valence-electron chi connectivity index (χ4n) is 3.78. The Morgan fingerprint density at radius 3 is 2.22 bits per heavy atom. The van der Waals surface area contributed by atoms with Crippen LogP contribution in [0.1, 0.15) is 64.2 Å². The van der Waals surface area contributed by atoms with E-state index in [0.717, 1.165) is 11.8 Å². The molecule has 2 rings (SSSR count). The van der Waals surface area contributed by atoms with Crippen LogP contribution in [-0.4, -0.2) is 31.1 Å². The molecule has 0 aromatic rings. The van der Waals surface area contributed by atoms with Crippen molar-refractivity contribution in [3.63, 3.8) is 0 Å². The van der Waals surface area contributed by atoms with Crippen LogP contribution < -0.4 is 5.73 Å². The van der Waals surface area contributed by atoms with Crippen LogP contribution in [0.5, 0.6) is 0 Å². The molecule has 0 aromatic carbocycles. The number of nitrogens with zero attached hydrogens (tertiary/aromatic N) is 1. The van der Waals surface area contributed by atoms with E-state index < -0.39 is 0 Å². The minimum absolute atomic E-state index is 0.494. The second kappa shape index (κ2) is 7.49. The summed E-state index contributed by atoms with van der Waals surface area (Å²) in [4.78, 5) is 2.58. The first-order valence-corrected chi connectivity index (χ1v) is 8.18. The second-order valence-corrected chi connectivity index (χ2v) is 6.84. The van der Waals surface area contributed by atoms with Crippen LogP contribution in [0.15, 0.2) is 0 Å².